The molecule has 0 amide bonds. The molecule has 7 nitrogen and oxygen atoms in total. The molecular weight excluding hydrogens is 484 g/mol. The van der Waals surface area contributed by atoms with Crippen molar-refractivity contribution in [3.63, 3.8) is 0 Å². The Hall–Kier alpha value is 0.820. The van der Waals surface area contributed by atoms with E-state index in [1.54, 1.807) is 0 Å². The second kappa shape index (κ2) is 40.2. The molecule has 0 aromatic rings. The molecule has 0 heterocycles. The number of unbranched alkanes of at least 4 members (excludes halogenated alkanes) is 3. The van der Waals surface area contributed by atoms with Crippen LogP contribution in [0.3, 0.4) is 0 Å². The molecular formula is C21H52O7SiZr. The van der Waals surface area contributed by atoms with Gasteiger partial charge in [0.25, 0.3) is 0 Å². The van der Waals surface area contributed by atoms with Gasteiger partial charge in [-0.1, -0.05) is 60.8 Å². The summed E-state index contributed by atoms with van der Waals surface area (Å²) >= 11 is 0. The molecule has 0 aliphatic carbocycles. The van der Waals surface area contributed by atoms with E-state index >= 15 is 0 Å². The molecule has 0 spiro atoms. The summed E-state index contributed by atoms with van der Waals surface area (Å²) < 4.78 is 16.2. The summed E-state index contributed by atoms with van der Waals surface area (Å²) in [6.45, 7) is 14.5. The Morgan fingerprint density at radius 2 is 0.700 bits per heavy atom. The normalized spacial score (nSPS) is 9.80. The molecule has 0 bridgehead atoms. The number of aliphatic hydroxyl groups is 3. The predicted molar refractivity (Wildman–Crippen MR) is 123 cm³/mol. The molecule has 0 rings (SSSR count). The molecule has 0 aliphatic heterocycles. The maximum Gasteiger partial charge on any atom is 0.676 e. The van der Waals surface area contributed by atoms with E-state index in [4.69, 9.17) is 28.6 Å². The van der Waals surface area contributed by atoms with Crippen molar-refractivity contribution in [2.45, 2.75) is 99.3 Å². The van der Waals surface area contributed by atoms with Gasteiger partial charge in [0.05, 0.1) is 0 Å². The Balaban J connectivity index is -0.000000131. The zero-order chi connectivity index (χ0) is 23.2. The van der Waals surface area contributed by atoms with Gasteiger partial charge in [-0.05, 0) is 38.5 Å². The minimum atomic E-state index is -3.36. The molecule has 0 unspecified atom stereocenters. The van der Waals surface area contributed by atoms with E-state index in [1.165, 1.54) is 0 Å². The first-order valence-electron chi connectivity index (χ1n) is 11.4. The van der Waals surface area contributed by atoms with Gasteiger partial charge < -0.3 is 33.4 Å². The molecule has 186 valence electrons. The van der Waals surface area contributed by atoms with Gasteiger partial charge in [-0.2, -0.15) is 0 Å². The van der Waals surface area contributed by atoms with E-state index in [-0.39, 0.29) is 26.2 Å². The first kappa shape index (κ1) is 41.1. The maximum atomic E-state index is 10.2. The molecule has 0 aromatic heterocycles. The molecule has 0 fully saturated rings. The average Bonchev–Trinajstić information content (AvgIpc) is 2.75. The van der Waals surface area contributed by atoms with Crippen LogP contribution in [0.2, 0.25) is 0 Å². The SMILES string of the molecule is CCCCO[Si](O)(OCCCC)OCCCC.CCCO.CCCO.CCCO.[Zr]. The van der Waals surface area contributed by atoms with E-state index in [2.05, 4.69) is 20.8 Å². The van der Waals surface area contributed by atoms with Gasteiger partial charge in [-0.25, -0.2) is 0 Å². The van der Waals surface area contributed by atoms with Crippen molar-refractivity contribution in [1.82, 2.24) is 0 Å². The van der Waals surface area contributed by atoms with Crippen molar-refractivity contribution < 1.29 is 59.6 Å². The van der Waals surface area contributed by atoms with E-state index in [9.17, 15) is 4.80 Å². The van der Waals surface area contributed by atoms with Crippen LogP contribution in [0.4, 0.5) is 0 Å². The van der Waals surface area contributed by atoms with E-state index in [0.29, 0.717) is 39.6 Å². The summed E-state index contributed by atoms with van der Waals surface area (Å²) in [5, 5.41) is 23.6. The zero-order valence-corrected chi connectivity index (χ0v) is 24.1. The third-order valence-corrected chi connectivity index (χ3v) is 4.72. The van der Waals surface area contributed by atoms with Crippen LogP contribution in [0.15, 0.2) is 0 Å². The number of hydrogen-bond acceptors (Lipinski definition) is 7. The van der Waals surface area contributed by atoms with Crippen LogP contribution in [0.5, 0.6) is 0 Å². The maximum absolute atomic E-state index is 10.2. The third-order valence-electron chi connectivity index (χ3n) is 3.02. The number of hydrogen-bond donors (Lipinski definition) is 4. The molecule has 4 N–H and O–H groups in total. The van der Waals surface area contributed by atoms with Crippen LogP contribution in [0.1, 0.15) is 99.3 Å². The van der Waals surface area contributed by atoms with Crippen molar-refractivity contribution in [2.75, 3.05) is 39.6 Å². The minimum Gasteiger partial charge on any atom is -0.396 e. The second-order valence-electron chi connectivity index (χ2n) is 6.30. The summed E-state index contributed by atoms with van der Waals surface area (Å²) in [6, 6.07) is 0. The second-order valence-corrected chi connectivity index (χ2v) is 8.21. The van der Waals surface area contributed by atoms with E-state index in [0.717, 1.165) is 57.8 Å². The van der Waals surface area contributed by atoms with Crippen LogP contribution in [-0.4, -0.2) is 68.8 Å². The fraction of sp³-hybridized carbons (Fsp3) is 1.00. The van der Waals surface area contributed by atoms with Crippen LogP contribution in [0.25, 0.3) is 0 Å². The fourth-order valence-electron chi connectivity index (χ4n) is 1.16. The van der Waals surface area contributed by atoms with Gasteiger partial charge in [0.2, 0.25) is 0 Å². The van der Waals surface area contributed by atoms with Crippen LogP contribution >= 0.6 is 0 Å². The molecule has 0 saturated carbocycles. The summed E-state index contributed by atoms with van der Waals surface area (Å²) in [5.41, 5.74) is 0. The number of rotatable bonds is 15. The smallest absolute Gasteiger partial charge is 0.396 e. The Morgan fingerprint density at radius 1 is 0.500 bits per heavy atom. The van der Waals surface area contributed by atoms with Crippen molar-refractivity contribution in [2.24, 2.45) is 0 Å². The van der Waals surface area contributed by atoms with Crippen molar-refractivity contribution in [3.05, 3.63) is 0 Å². The zero-order valence-electron chi connectivity index (χ0n) is 20.6. The summed E-state index contributed by atoms with van der Waals surface area (Å²) in [4.78, 5) is 10.2. The van der Waals surface area contributed by atoms with Gasteiger partial charge in [0.15, 0.2) is 0 Å². The Bertz CT molecular complexity index is 211. The van der Waals surface area contributed by atoms with Gasteiger partial charge >= 0.3 is 9.05 Å². The fourth-order valence-corrected chi connectivity index (χ4v) is 2.62. The first-order chi connectivity index (χ1) is 13.9. The molecule has 0 aliphatic rings. The standard InChI is InChI=1S/C12H28O4Si.3C3H8O.Zr/c1-4-7-10-14-17(13,15-11-8-5-2)16-12-9-6-3;3*1-2-3-4;/h13H,4-12H2,1-3H3;3*4H,2-3H2,1H3;. The Labute approximate surface area is 207 Å². The Kier molecular flexibility index (Phi) is 55.1. The van der Waals surface area contributed by atoms with Crippen molar-refractivity contribution in [1.29, 1.82) is 0 Å². The van der Waals surface area contributed by atoms with Crippen LogP contribution < -0.4 is 0 Å². The van der Waals surface area contributed by atoms with Gasteiger partial charge in [-0.3, -0.25) is 0 Å². The summed E-state index contributed by atoms with van der Waals surface area (Å²) in [7, 11) is -3.36. The van der Waals surface area contributed by atoms with Gasteiger partial charge in [0.1, 0.15) is 0 Å². The van der Waals surface area contributed by atoms with Gasteiger partial charge in [-0.15, -0.1) is 0 Å². The topological polar surface area (TPSA) is 109 Å². The van der Waals surface area contributed by atoms with E-state index in [1.807, 2.05) is 20.8 Å². The van der Waals surface area contributed by atoms with Crippen LogP contribution in [0, 0.1) is 0 Å². The average molecular weight is 536 g/mol. The van der Waals surface area contributed by atoms with E-state index < -0.39 is 9.05 Å². The molecule has 0 radical (unpaired) electrons. The predicted octanol–water partition coefficient (Wildman–Crippen LogP) is 4.03. The van der Waals surface area contributed by atoms with Crippen molar-refractivity contribution in [3.8, 4) is 0 Å². The monoisotopic (exact) mass is 534 g/mol. The van der Waals surface area contributed by atoms with Crippen molar-refractivity contribution >= 4 is 9.05 Å². The molecule has 9 heteroatoms. The first-order valence-corrected chi connectivity index (χ1v) is 13.1. The summed E-state index contributed by atoms with van der Waals surface area (Å²) in [6.07, 6.45) is 8.49. The summed E-state index contributed by atoms with van der Waals surface area (Å²) in [5.74, 6) is 0. The minimum absolute atomic E-state index is 0. The van der Waals surface area contributed by atoms with Crippen LogP contribution in [-0.2, 0) is 39.5 Å². The quantitative estimate of drug-likeness (QED) is 0.185. The number of aliphatic hydroxyl groups excluding tert-OH is 3. The van der Waals surface area contributed by atoms with Gasteiger partial charge in [0, 0.05) is 65.8 Å². The molecule has 0 aromatic carbocycles. The largest absolute Gasteiger partial charge is 0.676 e. The molecule has 0 atom stereocenters. The molecule has 30 heavy (non-hydrogen) atoms. The molecule has 0 saturated heterocycles. The Morgan fingerprint density at radius 3 is 0.833 bits per heavy atom. The third kappa shape index (κ3) is 46.8.